The van der Waals surface area contributed by atoms with Gasteiger partial charge in [-0.1, -0.05) is 18.9 Å². The summed E-state index contributed by atoms with van der Waals surface area (Å²) in [7, 11) is 0. The van der Waals surface area contributed by atoms with E-state index in [0.29, 0.717) is 0 Å². The highest BCUT2D eigenvalue weighted by Gasteiger charge is 2.30. The minimum Gasteiger partial charge on any atom is -0.390 e. The molecule has 1 N–H and O–H groups in total. The molecule has 14 heavy (non-hydrogen) atoms. The van der Waals surface area contributed by atoms with Crippen LogP contribution < -0.4 is 0 Å². The summed E-state index contributed by atoms with van der Waals surface area (Å²) in [4.78, 5) is 4.26. The molecule has 1 heterocycles. The van der Waals surface area contributed by atoms with E-state index in [1.807, 2.05) is 24.4 Å². The lowest BCUT2D eigenvalue weighted by molar-refractivity contribution is 0.0389. The van der Waals surface area contributed by atoms with Crippen molar-refractivity contribution in [3.05, 3.63) is 30.1 Å². The van der Waals surface area contributed by atoms with Crippen LogP contribution in [0, 0.1) is 0 Å². The quantitative estimate of drug-likeness (QED) is 0.795. The van der Waals surface area contributed by atoms with Gasteiger partial charge in [-0.2, -0.15) is 0 Å². The van der Waals surface area contributed by atoms with Gasteiger partial charge in [-0.3, -0.25) is 4.98 Å². The summed E-state index contributed by atoms with van der Waals surface area (Å²) < 4.78 is 0. The van der Waals surface area contributed by atoms with Crippen LogP contribution in [0.4, 0.5) is 0 Å². The molecule has 0 radical (unpaired) electrons. The molecule has 0 unspecified atom stereocenters. The van der Waals surface area contributed by atoms with Gasteiger partial charge in [-0.25, -0.2) is 0 Å². The lowest BCUT2D eigenvalue weighted by atomic mass is 9.95. The van der Waals surface area contributed by atoms with Gasteiger partial charge in [0, 0.05) is 11.9 Å². The van der Waals surface area contributed by atoms with Gasteiger partial charge in [-0.05, 0) is 37.8 Å². The largest absolute Gasteiger partial charge is 0.390 e. The Balaban J connectivity index is 1.88. The van der Waals surface area contributed by atoms with Crippen LogP contribution in [0.1, 0.15) is 37.8 Å². The van der Waals surface area contributed by atoms with Crippen molar-refractivity contribution in [2.75, 3.05) is 0 Å². The minimum atomic E-state index is -0.391. The number of aryl methyl sites for hydroxylation is 1. The Labute approximate surface area is 85.0 Å². The average molecular weight is 191 g/mol. The fourth-order valence-electron chi connectivity index (χ4n) is 2.19. The van der Waals surface area contributed by atoms with Crippen molar-refractivity contribution in [2.24, 2.45) is 0 Å². The number of aromatic nitrogens is 1. The predicted molar refractivity (Wildman–Crippen MR) is 56.0 cm³/mol. The maximum atomic E-state index is 10.1. The van der Waals surface area contributed by atoms with E-state index in [1.54, 1.807) is 0 Å². The Morgan fingerprint density at radius 2 is 2.07 bits per heavy atom. The Bertz CT molecular complexity index is 278. The minimum absolute atomic E-state index is 0.391. The Kier molecular flexibility index (Phi) is 2.82. The van der Waals surface area contributed by atoms with E-state index >= 15 is 0 Å². The topological polar surface area (TPSA) is 33.1 Å². The summed E-state index contributed by atoms with van der Waals surface area (Å²) in [5.41, 5.74) is 0.699. The number of nitrogens with zero attached hydrogens (tertiary/aromatic N) is 1. The summed E-state index contributed by atoms with van der Waals surface area (Å²) in [5.74, 6) is 0. The van der Waals surface area contributed by atoms with Crippen molar-refractivity contribution in [1.82, 2.24) is 4.98 Å². The van der Waals surface area contributed by atoms with E-state index in [0.717, 1.165) is 31.4 Å². The molecule has 0 saturated heterocycles. The third-order valence-corrected chi connectivity index (χ3v) is 3.11. The summed E-state index contributed by atoms with van der Waals surface area (Å²) in [5, 5.41) is 10.1. The molecule has 0 bridgehead atoms. The van der Waals surface area contributed by atoms with Crippen molar-refractivity contribution >= 4 is 0 Å². The van der Waals surface area contributed by atoms with Gasteiger partial charge in [0.25, 0.3) is 0 Å². The first-order chi connectivity index (χ1) is 6.79. The second kappa shape index (κ2) is 4.09. The molecule has 1 aliphatic rings. The molecule has 1 aromatic rings. The lowest BCUT2D eigenvalue weighted by Crippen LogP contribution is -2.24. The number of hydrogen-bond acceptors (Lipinski definition) is 2. The fourth-order valence-corrected chi connectivity index (χ4v) is 2.19. The van der Waals surface area contributed by atoms with E-state index < -0.39 is 5.60 Å². The van der Waals surface area contributed by atoms with Crippen LogP contribution in [-0.2, 0) is 6.42 Å². The van der Waals surface area contributed by atoms with Crippen LogP contribution >= 0.6 is 0 Å². The second-order valence-electron chi connectivity index (χ2n) is 4.25. The molecular weight excluding hydrogens is 174 g/mol. The summed E-state index contributed by atoms with van der Waals surface area (Å²) in [6.45, 7) is 0. The molecular formula is C12H17NO. The maximum Gasteiger partial charge on any atom is 0.0651 e. The van der Waals surface area contributed by atoms with E-state index in [2.05, 4.69) is 4.98 Å². The van der Waals surface area contributed by atoms with E-state index in [1.165, 1.54) is 12.8 Å². The molecule has 1 aliphatic carbocycles. The van der Waals surface area contributed by atoms with Crippen molar-refractivity contribution in [1.29, 1.82) is 0 Å². The third-order valence-electron chi connectivity index (χ3n) is 3.11. The zero-order valence-corrected chi connectivity index (χ0v) is 8.45. The lowest BCUT2D eigenvalue weighted by Gasteiger charge is -2.21. The van der Waals surface area contributed by atoms with Gasteiger partial charge in [0.15, 0.2) is 0 Å². The molecule has 2 nitrogen and oxygen atoms in total. The van der Waals surface area contributed by atoms with Crippen molar-refractivity contribution in [3.63, 3.8) is 0 Å². The van der Waals surface area contributed by atoms with Crippen LogP contribution in [-0.4, -0.2) is 15.7 Å². The molecule has 2 heteroatoms. The molecule has 0 aromatic carbocycles. The molecule has 1 fully saturated rings. The van der Waals surface area contributed by atoms with E-state index in [4.69, 9.17) is 0 Å². The molecule has 0 amide bonds. The number of pyridine rings is 1. The van der Waals surface area contributed by atoms with Crippen molar-refractivity contribution in [2.45, 2.75) is 44.1 Å². The number of rotatable bonds is 3. The molecule has 76 valence electrons. The summed E-state index contributed by atoms with van der Waals surface area (Å²) in [6, 6.07) is 5.95. The molecule has 1 saturated carbocycles. The van der Waals surface area contributed by atoms with Crippen LogP contribution in [0.5, 0.6) is 0 Å². The second-order valence-corrected chi connectivity index (χ2v) is 4.25. The summed E-state index contributed by atoms with van der Waals surface area (Å²) in [6.07, 6.45) is 7.88. The van der Waals surface area contributed by atoms with Gasteiger partial charge in [0.1, 0.15) is 0 Å². The highest BCUT2D eigenvalue weighted by molar-refractivity contribution is 5.04. The highest BCUT2D eigenvalue weighted by atomic mass is 16.3. The summed E-state index contributed by atoms with van der Waals surface area (Å²) >= 11 is 0. The van der Waals surface area contributed by atoms with Crippen LogP contribution in [0.25, 0.3) is 0 Å². The number of aliphatic hydroxyl groups is 1. The normalized spacial score (nSPS) is 19.8. The van der Waals surface area contributed by atoms with Crippen LogP contribution in [0.15, 0.2) is 24.4 Å². The van der Waals surface area contributed by atoms with Gasteiger partial charge < -0.3 is 5.11 Å². The van der Waals surface area contributed by atoms with Crippen molar-refractivity contribution < 1.29 is 5.11 Å². The molecule has 0 aliphatic heterocycles. The fraction of sp³-hybridized carbons (Fsp3) is 0.583. The molecule has 0 spiro atoms. The Hall–Kier alpha value is -0.890. The highest BCUT2D eigenvalue weighted by Crippen LogP contribution is 2.32. The van der Waals surface area contributed by atoms with E-state index in [-0.39, 0.29) is 0 Å². The average Bonchev–Trinajstić information content (AvgIpc) is 2.65. The number of hydrogen-bond donors (Lipinski definition) is 1. The molecule has 1 aromatic heterocycles. The first-order valence-corrected chi connectivity index (χ1v) is 5.41. The molecule has 0 atom stereocenters. The third kappa shape index (κ3) is 2.32. The van der Waals surface area contributed by atoms with Crippen molar-refractivity contribution in [3.8, 4) is 0 Å². The first kappa shape index (κ1) is 9.66. The van der Waals surface area contributed by atoms with Gasteiger partial charge in [0.05, 0.1) is 5.60 Å². The maximum absolute atomic E-state index is 10.1. The Morgan fingerprint density at radius 3 is 2.71 bits per heavy atom. The molecule has 2 rings (SSSR count). The van der Waals surface area contributed by atoms with Gasteiger partial charge in [-0.15, -0.1) is 0 Å². The monoisotopic (exact) mass is 191 g/mol. The zero-order chi connectivity index (χ0) is 9.86. The Morgan fingerprint density at radius 1 is 1.29 bits per heavy atom. The zero-order valence-electron chi connectivity index (χ0n) is 8.45. The van der Waals surface area contributed by atoms with Crippen LogP contribution in [0.2, 0.25) is 0 Å². The SMILES string of the molecule is OC1(CCc2ccccn2)CCCC1. The smallest absolute Gasteiger partial charge is 0.0651 e. The van der Waals surface area contributed by atoms with Crippen LogP contribution in [0.3, 0.4) is 0 Å². The standard InChI is InChI=1S/C12H17NO/c14-12(7-2-3-8-12)9-6-11-5-1-4-10-13-11/h1,4-5,10,14H,2-3,6-9H2. The van der Waals surface area contributed by atoms with Gasteiger partial charge in [0.2, 0.25) is 0 Å². The van der Waals surface area contributed by atoms with Gasteiger partial charge >= 0.3 is 0 Å². The first-order valence-electron chi connectivity index (χ1n) is 5.41. The van der Waals surface area contributed by atoms with E-state index in [9.17, 15) is 5.11 Å². The predicted octanol–water partition coefficient (Wildman–Crippen LogP) is 2.32.